The van der Waals surface area contributed by atoms with Gasteiger partial charge in [0.15, 0.2) is 0 Å². The summed E-state index contributed by atoms with van der Waals surface area (Å²) in [6, 6.07) is 8.39. The number of aryl methyl sites for hydroxylation is 1. The smallest absolute Gasteiger partial charge is 0.240 e. The van der Waals surface area contributed by atoms with Crippen LogP contribution in [0.4, 0.5) is 17.3 Å². The van der Waals surface area contributed by atoms with Gasteiger partial charge in [0.05, 0.1) is 18.8 Å². The van der Waals surface area contributed by atoms with Crippen LogP contribution in [0.2, 0.25) is 0 Å². The van der Waals surface area contributed by atoms with Crippen LogP contribution in [0.25, 0.3) is 0 Å². The zero-order chi connectivity index (χ0) is 19.8. The van der Waals surface area contributed by atoms with Crippen LogP contribution >= 0.6 is 0 Å². The van der Waals surface area contributed by atoms with E-state index in [1.165, 1.54) is 6.92 Å². The van der Waals surface area contributed by atoms with Crippen LogP contribution in [-0.4, -0.2) is 47.4 Å². The van der Waals surface area contributed by atoms with E-state index >= 15 is 0 Å². The summed E-state index contributed by atoms with van der Waals surface area (Å²) in [5, 5.41) is 11.7. The number of rotatable bonds is 8. The van der Waals surface area contributed by atoms with Gasteiger partial charge in [-0.15, -0.1) is 0 Å². The van der Waals surface area contributed by atoms with Crippen LogP contribution in [0.3, 0.4) is 0 Å². The van der Waals surface area contributed by atoms with E-state index in [2.05, 4.69) is 21.1 Å². The Bertz CT molecular complexity index is 800. The standard InChI is InChI=1S/C18H23N5O4/c1-4-23(11-17(26)21-18-9-12(2)22-27-18)10-16(25)20-15-7-5-14(6-8-15)19-13(3)24/h5-9H,4,10-11H2,1-3H3,(H,19,24)(H,20,25)(H,21,26). The van der Waals surface area contributed by atoms with Crippen molar-refractivity contribution in [2.75, 3.05) is 35.6 Å². The third kappa shape index (κ3) is 6.90. The van der Waals surface area contributed by atoms with Crippen molar-refractivity contribution in [3.63, 3.8) is 0 Å². The molecule has 2 aromatic rings. The molecule has 0 aliphatic rings. The van der Waals surface area contributed by atoms with Gasteiger partial charge in [-0.2, -0.15) is 0 Å². The second-order valence-corrected chi connectivity index (χ2v) is 5.99. The van der Waals surface area contributed by atoms with E-state index in [4.69, 9.17) is 4.52 Å². The molecule has 3 amide bonds. The van der Waals surface area contributed by atoms with E-state index in [-0.39, 0.29) is 36.7 Å². The molecule has 1 aromatic heterocycles. The Balaban J connectivity index is 1.83. The first-order valence-electron chi connectivity index (χ1n) is 8.48. The molecule has 1 heterocycles. The van der Waals surface area contributed by atoms with Crippen LogP contribution < -0.4 is 16.0 Å². The van der Waals surface area contributed by atoms with Gasteiger partial charge in [0.1, 0.15) is 0 Å². The lowest BCUT2D eigenvalue weighted by Crippen LogP contribution is -2.38. The first kappa shape index (κ1) is 20.1. The molecular weight excluding hydrogens is 350 g/mol. The van der Waals surface area contributed by atoms with E-state index in [0.29, 0.717) is 23.6 Å². The largest absolute Gasteiger partial charge is 0.338 e. The molecule has 0 saturated heterocycles. The van der Waals surface area contributed by atoms with Gasteiger partial charge in [-0.05, 0) is 37.7 Å². The predicted octanol–water partition coefficient (Wildman–Crippen LogP) is 1.84. The summed E-state index contributed by atoms with van der Waals surface area (Å²) in [4.78, 5) is 37.0. The number of nitrogens with zero attached hydrogens (tertiary/aromatic N) is 2. The molecule has 9 nitrogen and oxygen atoms in total. The molecule has 0 unspecified atom stereocenters. The van der Waals surface area contributed by atoms with Gasteiger partial charge in [-0.3, -0.25) is 24.6 Å². The Kier molecular flexibility index (Phi) is 7.07. The zero-order valence-corrected chi connectivity index (χ0v) is 15.5. The number of hydrogen-bond acceptors (Lipinski definition) is 6. The number of amides is 3. The number of hydrogen-bond donors (Lipinski definition) is 3. The average molecular weight is 373 g/mol. The summed E-state index contributed by atoms with van der Waals surface area (Å²) in [7, 11) is 0. The molecule has 27 heavy (non-hydrogen) atoms. The molecule has 3 N–H and O–H groups in total. The van der Waals surface area contributed by atoms with Gasteiger partial charge in [0.25, 0.3) is 0 Å². The number of carbonyl (C=O) groups excluding carboxylic acids is 3. The van der Waals surface area contributed by atoms with Crippen molar-refractivity contribution in [1.82, 2.24) is 10.1 Å². The van der Waals surface area contributed by atoms with E-state index in [0.717, 1.165) is 0 Å². The maximum Gasteiger partial charge on any atom is 0.240 e. The summed E-state index contributed by atoms with van der Waals surface area (Å²) < 4.78 is 4.94. The van der Waals surface area contributed by atoms with Crippen LogP contribution in [0, 0.1) is 6.92 Å². The van der Waals surface area contributed by atoms with Crippen LogP contribution in [0.15, 0.2) is 34.9 Å². The average Bonchev–Trinajstić information content (AvgIpc) is 3.00. The molecule has 0 radical (unpaired) electrons. The molecule has 0 bridgehead atoms. The number of nitrogens with one attached hydrogen (secondary N) is 3. The quantitative estimate of drug-likeness (QED) is 0.650. The van der Waals surface area contributed by atoms with Gasteiger partial charge in [0.2, 0.25) is 23.6 Å². The Morgan fingerprint density at radius 3 is 2.04 bits per heavy atom. The fraction of sp³-hybridized carbons (Fsp3) is 0.333. The van der Waals surface area contributed by atoms with Crippen LogP contribution in [-0.2, 0) is 14.4 Å². The summed E-state index contributed by atoms with van der Waals surface area (Å²) >= 11 is 0. The number of benzene rings is 1. The summed E-state index contributed by atoms with van der Waals surface area (Å²) in [5.41, 5.74) is 1.92. The summed E-state index contributed by atoms with van der Waals surface area (Å²) in [6.45, 7) is 5.68. The highest BCUT2D eigenvalue weighted by molar-refractivity contribution is 5.94. The molecule has 0 spiro atoms. The molecule has 0 atom stereocenters. The Hall–Kier alpha value is -3.20. The molecule has 0 aliphatic heterocycles. The minimum Gasteiger partial charge on any atom is -0.338 e. The molecule has 2 rings (SSSR count). The molecule has 0 fully saturated rings. The predicted molar refractivity (Wildman–Crippen MR) is 101 cm³/mol. The monoisotopic (exact) mass is 373 g/mol. The fourth-order valence-corrected chi connectivity index (χ4v) is 2.33. The fourth-order valence-electron chi connectivity index (χ4n) is 2.33. The summed E-state index contributed by atoms with van der Waals surface area (Å²) in [6.07, 6.45) is 0. The van der Waals surface area contributed by atoms with Gasteiger partial charge in [-0.25, -0.2) is 0 Å². The molecular formula is C18H23N5O4. The highest BCUT2D eigenvalue weighted by Gasteiger charge is 2.14. The first-order valence-corrected chi connectivity index (χ1v) is 8.48. The normalized spacial score (nSPS) is 10.5. The van der Waals surface area contributed by atoms with Crippen molar-refractivity contribution in [1.29, 1.82) is 0 Å². The molecule has 1 aromatic carbocycles. The van der Waals surface area contributed by atoms with Crippen molar-refractivity contribution in [3.8, 4) is 0 Å². The number of anilines is 3. The highest BCUT2D eigenvalue weighted by Crippen LogP contribution is 2.13. The minimum absolute atomic E-state index is 0.0468. The van der Waals surface area contributed by atoms with Crippen LogP contribution in [0.5, 0.6) is 0 Å². The minimum atomic E-state index is -0.291. The number of aromatic nitrogens is 1. The zero-order valence-electron chi connectivity index (χ0n) is 15.5. The topological polar surface area (TPSA) is 117 Å². The number of likely N-dealkylation sites (N-methyl/N-ethyl adjacent to an activating group) is 1. The Labute approximate surface area is 157 Å². The van der Waals surface area contributed by atoms with Crippen LogP contribution in [0.1, 0.15) is 19.5 Å². The maximum absolute atomic E-state index is 12.2. The SMILES string of the molecule is CCN(CC(=O)Nc1ccc(NC(C)=O)cc1)CC(=O)Nc1cc(C)no1. The van der Waals surface area contributed by atoms with Gasteiger partial charge >= 0.3 is 0 Å². The van der Waals surface area contributed by atoms with Crippen molar-refractivity contribution in [3.05, 3.63) is 36.0 Å². The maximum atomic E-state index is 12.2. The summed E-state index contributed by atoms with van der Waals surface area (Å²) in [5.74, 6) is -0.422. The third-order valence-corrected chi connectivity index (χ3v) is 3.56. The first-order chi connectivity index (χ1) is 12.9. The third-order valence-electron chi connectivity index (χ3n) is 3.56. The lowest BCUT2D eigenvalue weighted by atomic mass is 10.2. The van der Waals surface area contributed by atoms with E-state index < -0.39 is 0 Å². The van der Waals surface area contributed by atoms with Gasteiger partial charge < -0.3 is 15.2 Å². The molecule has 0 aliphatic carbocycles. The van der Waals surface area contributed by atoms with E-state index in [1.54, 1.807) is 42.2 Å². The van der Waals surface area contributed by atoms with Crippen molar-refractivity contribution < 1.29 is 18.9 Å². The Morgan fingerprint density at radius 1 is 1.00 bits per heavy atom. The Morgan fingerprint density at radius 2 is 1.56 bits per heavy atom. The van der Waals surface area contributed by atoms with Crippen molar-refractivity contribution in [2.45, 2.75) is 20.8 Å². The lowest BCUT2D eigenvalue weighted by Gasteiger charge is -2.19. The lowest BCUT2D eigenvalue weighted by molar-refractivity contribution is -0.120. The van der Waals surface area contributed by atoms with E-state index in [9.17, 15) is 14.4 Å². The second-order valence-electron chi connectivity index (χ2n) is 5.99. The van der Waals surface area contributed by atoms with Gasteiger partial charge in [0, 0.05) is 24.4 Å². The second kappa shape index (κ2) is 9.48. The molecule has 0 saturated carbocycles. The van der Waals surface area contributed by atoms with E-state index in [1.807, 2.05) is 6.92 Å². The highest BCUT2D eigenvalue weighted by atomic mass is 16.5. The van der Waals surface area contributed by atoms with Crippen molar-refractivity contribution >= 4 is 35.0 Å². The molecule has 9 heteroatoms. The van der Waals surface area contributed by atoms with Crippen molar-refractivity contribution in [2.24, 2.45) is 0 Å². The van der Waals surface area contributed by atoms with Gasteiger partial charge in [-0.1, -0.05) is 12.1 Å². The number of carbonyl (C=O) groups is 3. The molecule has 144 valence electrons.